The van der Waals surface area contributed by atoms with Crippen molar-refractivity contribution < 1.29 is 17.2 Å². The van der Waals surface area contributed by atoms with Gasteiger partial charge in [0.05, 0.1) is 0 Å². The summed E-state index contributed by atoms with van der Waals surface area (Å²) in [6, 6.07) is 7.75. The van der Waals surface area contributed by atoms with Gasteiger partial charge in [-0.2, -0.15) is 8.42 Å². The van der Waals surface area contributed by atoms with Gasteiger partial charge in [0.2, 0.25) is 0 Å². The van der Waals surface area contributed by atoms with E-state index >= 15 is 0 Å². The molecule has 1 N–H and O–H groups in total. The molecule has 0 aromatic heterocycles. The molecule has 12 heavy (non-hydrogen) atoms. The van der Waals surface area contributed by atoms with E-state index in [0.29, 0.717) is 0 Å². The van der Waals surface area contributed by atoms with Gasteiger partial charge in [0, 0.05) is 0 Å². The molecule has 0 fully saturated rings. The summed E-state index contributed by atoms with van der Waals surface area (Å²) in [6.45, 7) is 0. The molecule has 64 valence electrons. The molecule has 0 aliphatic heterocycles. The number of para-hydroxylation sites is 1. The number of rotatable bonds is 2. The Kier molecular flexibility index (Phi) is 4.54. The first kappa shape index (κ1) is 11.7. The highest BCUT2D eigenvalue weighted by Crippen LogP contribution is 2.09. The van der Waals surface area contributed by atoms with Crippen molar-refractivity contribution in [2.24, 2.45) is 0 Å². The highest BCUT2D eigenvalue weighted by molar-refractivity contribution is 7.81. The highest BCUT2D eigenvalue weighted by atomic mass is 32.3. The molecule has 0 atom stereocenters. The van der Waals surface area contributed by atoms with Crippen LogP contribution in [0.1, 0.15) is 0 Å². The Bertz CT molecular complexity index is 321. The first-order valence-corrected chi connectivity index (χ1v) is 4.16. The van der Waals surface area contributed by atoms with E-state index in [-0.39, 0.29) is 28.8 Å². The van der Waals surface area contributed by atoms with Crippen molar-refractivity contribution in [3.05, 3.63) is 30.3 Å². The monoisotopic (exact) mass is 200 g/mol. The minimum Gasteiger partial charge on any atom is -0.362 e. The summed E-state index contributed by atoms with van der Waals surface area (Å²) in [5.41, 5.74) is 0. The lowest BCUT2D eigenvalue weighted by Crippen LogP contribution is -2.06. The van der Waals surface area contributed by atoms with Crippen molar-refractivity contribution >= 4 is 33.5 Å². The van der Waals surface area contributed by atoms with Crippen molar-refractivity contribution in [3.63, 3.8) is 0 Å². The molecule has 0 heterocycles. The van der Waals surface area contributed by atoms with Crippen LogP contribution in [0.2, 0.25) is 0 Å². The van der Waals surface area contributed by atoms with Gasteiger partial charge in [-0.3, -0.25) is 4.55 Å². The summed E-state index contributed by atoms with van der Waals surface area (Å²) < 4.78 is 32.6. The van der Waals surface area contributed by atoms with Gasteiger partial charge in [-0.15, -0.1) is 0 Å². The fourth-order valence-electron chi connectivity index (χ4n) is 0.598. The fraction of sp³-hybridized carbons (Fsp3) is 0. The smallest absolute Gasteiger partial charge is 0.362 e. The van der Waals surface area contributed by atoms with Crippen LogP contribution < -0.4 is 4.18 Å². The molecule has 0 bridgehead atoms. The maximum atomic E-state index is 10.1. The zero-order valence-electron chi connectivity index (χ0n) is 5.47. The van der Waals surface area contributed by atoms with Crippen molar-refractivity contribution in [3.8, 4) is 5.75 Å². The first-order valence-electron chi connectivity index (χ1n) is 2.80. The third kappa shape index (κ3) is 4.55. The molecular formula is C6H8MgO4S. The standard InChI is InChI=1S/C6H6O4S.Mg.2H/c7-11(8,9)10-6-4-2-1-3-5-6;;;/h1-5H,(H,7,8,9);;;. The van der Waals surface area contributed by atoms with Gasteiger partial charge < -0.3 is 4.18 Å². The van der Waals surface area contributed by atoms with Crippen LogP contribution in [0.15, 0.2) is 30.3 Å². The second kappa shape index (κ2) is 4.66. The van der Waals surface area contributed by atoms with E-state index < -0.39 is 10.4 Å². The highest BCUT2D eigenvalue weighted by Gasteiger charge is 2.04. The van der Waals surface area contributed by atoms with Crippen LogP contribution in [0.4, 0.5) is 0 Å². The molecule has 0 aliphatic carbocycles. The van der Waals surface area contributed by atoms with E-state index in [0.717, 1.165) is 0 Å². The van der Waals surface area contributed by atoms with Crippen molar-refractivity contribution in [2.75, 3.05) is 0 Å². The molecule has 0 amide bonds. The van der Waals surface area contributed by atoms with Crippen LogP contribution in [0, 0.1) is 0 Å². The van der Waals surface area contributed by atoms with Crippen LogP contribution >= 0.6 is 0 Å². The van der Waals surface area contributed by atoms with Gasteiger partial charge in [-0.05, 0) is 12.1 Å². The van der Waals surface area contributed by atoms with Crippen molar-refractivity contribution in [2.45, 2.75) is 0 Å². The summed E-state index contributed by atoms with van der Waals surface area (Å²) in [6.07, 6.45) is 0. The largest absolute Gasteiger partial charge is 0.446 e. The molecule has 0 aliphatic rings. The van der Waals surface area contributed by atoms with Crippen LogP contribution in [-0.4, -0.2) is 36.0 Å². The minimum atomic E-state index is -4.38. The molecule has 0 saturated carbocycles. The zero-order valence-corrected chi connectivity index (χ0v) is 6.28. The topological polar surface area (TPSA) is 63.6 Å². The lowest BCUT2D eigenvalue weighted by Gasteiger charge is -1.98. The van der Waals surface area contributed by atoms with E-state index in [1.54, 1.807) is 18.2 Å². The van der Waals surface area contributed by atoms with Crippen molar-refractivity contribution in [1.29, 1.82) is 0 Å². The summed E-state index contributed by atoms with van der Waals surface area (Å²) in [5.74, 6) is 0.0926. The van der Waals surface area contributed by atoms with Crippen molar-refractivity contribution in [1.82, 2.24) is 0 Å². The normalized spacial score (nSPS) is 10.1. The molecule has 1 aromatic carbocycles. The molecule has 0 unspecified atom stereocenters. The lowest BCUT2D eigenvalue weighted by molar-refractivity contribution is 0.387. The Morgan fingerprint density at radius 2 is 1.67 bits per heavy atom. The molecule has 1 aromatic rings. The van der Waals surface area contributed by atoms with Gasteiger partial charge in [-0.1, -0.05) is 18.2 Å². The number of hydrogen-bond donors (Lipinski definition) is 1. The maximum Gasteiger partial charge on any atom is 0.446 e. The Morgan fingerprint density at radius 1 is 1.17 bits per heavy atom. The Balaban J connectivity index is 0.00000121. The second-order valence-corrected chi connectivity index (χ2v) is 2.85. The third-order valence-corrected chi connectivity index (χ3v) is 1.35. The van der Waals surface area contributed by atoms with E-state index in [1.165, 1.54) is 12.1 Å². The van der Waals surface area contributed by atoms with Crippen LogP contribution in [0.25, 0.3) is 0 Å². The van der Waals surface area contributed by atoms with Crippen LogP contribution in [0.3, 0.4) is 0 Å². The predicted octanol–water partition coefficient (Wildman–Crippen LogP) is -0.0480. The third-order valence-electron chi connectivity index (χ3n) is 0.945. The number of benzene rings is 1. The maximum absolute atomic E-state index is 10.1. The van der Waals surface area contributed by atoms with Gasteiger partial charge in [0.15, 0.2) is 0 Å². The first-order chi connectivity index (χ1) is 5.08. The average molecular weight is 200 g/mol. The summed E-state index contributed by atoms with van der Waals surface area (Å²) in [7, 11) is -4.38. The number of hydrogen-bond acceptors (Lipinski definition) is 3. The second-order valence-electron chi connectivity index (χ2n) is 1.82. The van der Waals surface area contributed by atoms with Gasteiger partial charge in [0.25, 0.3) is 0 Å². The van der Waals surface area contributed by atoms with E-state index in [2.05, 4.69) is 4.18 Å². The molecular weight excluding hydrogens is 192 g/mol. The Morgan fingerprint density at radius 3 is 2.08 bits per heavy atom. The van der Waals surface area contributed by atoms with Gasteiger partial charge in [0.1, 0.15) is 5.75 Å². The molecule has 0 spiro atoms. The Labute approximate surface area is 86.7 Å². The average Bonchev–Trinajstić information content (AvgIpc) is 1.85. The SMILES string of the molecule is O=S(=O)(O)Oc1ccccc1.[MgH2]. The molecule has 0 saturated heterocycles. The van der Waals surface area contributed by atoms with E-state index in [1.807, 2.05) is 0 Å². The minimum absolute atomic E-state index is 0. The van der Waals surface area contributed by atoms with Gasteiger partial charge >= 0.3 is 33.5 Å². The molecule has 1 rings (SSSR count). The molecule has 0 radical (unpaired) electrons. The summed E-state index contributed by atoms with van der Waals surface area (Å²) >= 11 is 0. The fourth-order valence-corrected chi connectivity index (χ4v) is 0.952. The predicted molar refractivity (Wildman–Crippen MR) is 47.2 cm³/mol. The van der Waals surface area contributed by atoms with Gasteiger partial charge in [-0.25, -0.2) is 0 Å². The van der Waals surface area contributed by atoms with E-state index in [4.69, 9.17) is 4.55 Å². The lowest BCUT2D eigenvalue weighted by atomic mass is 10.3. The molecule has 4 nitrogen and oxygen atoms in total. The van der Waals surface area contributed by atoms with Crippen LogP contribution in [-0.2, 0) is 10.4 Å². The summed E-state index contributed by atoms with van der Waals surface area (Å²) in [5, 5.41) is 0. The zero-order chi connectivity index (χ0) is 8.32. The van der Waals surface area contributed by atoms with E-state index in [9.17, 15) is 8.42 Å². The quantitative estimate of drug-likeness (QED) is 0.537. The molecule has 6 heteroatoms. The summed E-state index contributed by atoms with van der Waals surface area (Å²) in [4.78, 5) is 0. The Hall–Kier alpha value is -0.304. The van der Waals surface area contributed by atoms with Crippen LogP contribution in [0.5, 0.6) is 5.75 Å².